The Hall–Kier alpha value is -1.70. The summed E-state index contributed by atoms with van der Waals surface area (Å²) in [5.74, 6) is -0.121. The van der Waals surface area contributed by atoms with Crippen molar-refractivity contribution in [1.82, 2.24) is 9.21 Å². The normalized spacial score (nSPS) is 16.9. The molecule has 0 radical (unpaired) electrons. The van der Waals surface area contributed by atoms with E-state index in [1.165, 1.54) is 0 Å². The van der Waals surface area contributed by atoms with Gasteiger partial charge < -0.3 is 5.32 Å². The number of anilines is 1. The molecule has 1 fully saturated rings. The third-order valence-corrected chi connectivity index (χ3v) is 6.79. The highest BCUT2D eigenvalue weighted by atomic mass is 32.2. The van der Waals surface area contributed by atoms with Crippen LogP contribution in [0.25, 0.3) is 0 Å². The van der Waals surface area contributed by atoms with Crippen molar-refractivity contribution >= 4 is 21.6 Å². The minimum atomic E-state index is -3.45. The van der Waals surface area contributed by atoms with Crippen LogP contribution < -0.4 is 5.32 Å². The van der Waals surface area contributed by atoms with Gasteiger partial charge in [-0.1, -0.05) is 25.5 Å². The van der Waals surface area contributed by atoms with Gasteiger partial charge in [0.2, 0.25) is 15.9 Å². The second-order valence-corrected chi connectivity index (χ2v) is 9.11. The summed E-state index contributed by atoms with van der Waals surface area (Å²) in [5.41, 5.74) is 1.60. The lowest BCUT2D eigenvalue weighted by Gasteiger charge is -2.27. The van der Waals surface area contributed by atoms with E-state index in [2.05, 4.69) is 11.9 Å². The van der Waals surface area contributed by atoms with Crippen molar-refractivity contribution in [2.45, 2.75) is 51.0 Å². The topological polar surface area (TPSA) is 69.7 Å². The number of carbonyl (C=O) groups is 1. The summed E-state index contributed by atoms with van der Waals surface area (Å²) in [6.45, 7) is 12.3. The van der Waals surface area contributed by atoms with Gasteiger partial charge in [0, 0.05) is 25.3 Å². The molecule has 150 valence electrons. The van der Waals surface area contributed by atoms with Gasteiger partial charge in [-0.25, -0.2) is 8.42 Å². The van der Waals surface area contributed by atoms with Crippen molar-refractivity contribution in [3.05, 3.63) is 36.4 Å². The van der Waals surface area contributed by atoms with Gasteiger partial charge in [0.05, 0.1) is 10.9 Å². The Bertz CT molecular complexity index is 753. The van der Waals surface area contributed by atoms with Gasteiger partial charge in [-0.3, -0.25) is 9.69 Å². The smallest absolute Gasteiger partial charge is 0.243 e. The lowest BCUT2D eigenvalue weighted by molar-refractivity contribution is -0.120. The van der Waals surface area contributed by atoms with Gasteiger partial charge >= 0.3 is 0 Å². The number of nitrogens with zero attached hydrogens (tertiary/aromatic N) is 2. The number of hydrogen-bond acceptors (Lipinski definition) is 4. The second-order valence-electron chi connectivity index (χ2n) is 7.17. The van der Waals surface area contributed by atoms with Crippen LogP contribution in [0.15, 0.2) is 41.3 Å². The quantitative estimate of drug-likeness (QED) is 0.689. The molecule has 1 saturated heterocycles. The molecule has 0 saturated carbocycles. The monoisotopic (exact) mass is 393 g/mol. The van der Waals surface area contributed by atoms with Gasteiger partial charge in [-0.05, 0) is 57.5 Å². The van der Waals surface area contributed by atoms with Crippen molar-refractivity contribution in [2.24, 2.45) is 0 Å². The lowest BCUT2D eigenvalue weighted by atomic mass is 10.2. The number of hydrogen-bond donors (Lipinski definition) is 1. The van der Waals surface area contributed by atoms with Crippen LogP contribution in [0.2, 0.25) is 0 Å². The van der Waals surface area contributed by atoms with Crippen LogP contribution in [0.1, 0.15) is 40.0 Å². The molecule has 1 atom stereocenters. The average Bonchev–Trinajstić information content (AvgIpc) is 2.66. The maximum atomic E-state index is 12.7. The van der Waals surface area contributed by atoms with E-state index >= 15 is 0 Å². The van der Waals surface area contributed by atoms with Crippen molar-refractivity contribution in [2.75, 3.05) is 31.5 Å². The number of rotatable bonds is 8. The molecule has 6 nitrogen and oxygen atoms in total. The predicted octanol–water partition coefficient (Wildman–Crippen LogP) is 3.09. The Morgan fingerprint density at radius 2 is 1.81 bits per heavy atom. The molecule has 0 aliphatic carbocycles. The highest BCUT2D eigenvalue weighted by molar-refractivity contribution is 7.89. The molecule has 1 amide bonds. The summed E-state index contributed by atoms with van der Waals surface area (Å²) in [6, 6.07) is 6.13. The Labute approximate surface area is 163 Å². The average molecular weight is 394 g/mol. The van der Waals surface area contributed by atoms with Crippen molar-refractivity contribution in [1.29, 1.82) is 0 Å². The number of benzene rings is 1. The molecule has 0 spiro atoms. The van der Waals surface area contributed by atoms with E-state index in [1.54, 1.807) is 28.6 Å². The number of nitrogens with one attached hydrogen (secondary N) is 1. The molecule has 1 aliphatic heterocycles. The van der Waals surface area contributed by atoms with Crippen LogP contribution in [0, 0.1) is 0 Å². The first kappa shape index (κ1) is 21.6. The first-order valence-corrected chi connectivity index (χ1v) is 11.0. The molecule has 7 heteroatoms. The SMILES string of the molecule is C=C(C)CN(CC)C(C)C(=O)Nc1ccc(S(=O)(=O)N2CCCCC2)cc1. The standard InChI is InChI=1S/C20H31N3O3S/c1-5-22(15-16(2)3)17(4)20(24)21-18-9-11-19(12-10-18)27(25,26)23-13-7-6-8-14-23/h9-12,17H,2,5-8,13-15H2,1,3-4H3,(H,21,24). The van der Waals surface area contributed by atoms with E-state index in [0.717, 1.165) is 31.4 Å². The zero-order valence-corrected chi connectivity index (χ0v) is 17.4. The molecule has 27 heavy (non-hydrogen) atoms. The zero-order valence-electron chi connectivity index (χ0n) is 16.6. The van der Waals surface area contributed by atoms with E-state index < -0.39 is 10.0 Å². The molecule has 1 N–H and O–H groups in total. The summed E-state index contributed by atoms with van der Waals surface area (Å²) in [4.78, 5) is 14.8. The van der Waals surface area contributed by atoms with Crippen molar-refractivity contribution in [3.8, 4) is 0 Å². The molecule has 0 aromatic heterocycles. The number of carbonyl (C=O) groups excluding carboxylic acids is 1. The Balaban J connectivity index is 2.04. The summed E-state index contributed by atoms with van der Waals surface area (Å²) >= 11 is 0. The highest BCUT2D eigenvalue weighted by Crippen LogP contribution is 2.22. The van der Waals surface area contributed by atoms with E-state index in [4.69, 9.17) is 0 Å². The maximum absolute atomic E-state index is 12.7. The van der Waals surface area contributed by atoms with Crippen LogP contribution >= 0.6 is 0 Å². The molecule has 1 aliphatic rings. The van der Waals surface area contributed by atoms with Crippen LogP contribution in [0.5, 0.6) is 0 Å². The Kier molecular flexibility index (Phi) is 7.59. The van der Waals surface area contributed by atoms with Crippen molar-refractivity contribution < 1.29 is 13.2 Å². The van der Waals surface area contributed by atoms with Gasteiger partial charge in [0.1, 0.15) is 0 Å². The summed E-state index contributed by atoms with van der Waals surface area (Å²) in [6.07, 6.45) is 2.89. The fraction of sp³-hybridized carbons (Fsp3) is 0.550. The number of sulfonamides is 1. The van der Waals surface area contributed by atoms with Gasteiger partial charge in [-0.15, -0.1) is 0 Å². The largest absolute Gasteiger partial charge is 0.325 e. The Morgan fingerprint density at radius 1 is 1.22 bits per heavy atom. The van der Waals surface area contributed by atoms with Crippen LogP contribution in [0.3, 0.4) is 0 Å². The third kappa shape index (κ3) is 5.64. The van der Waals surface area contributed by atoms with E-state index in [-0.39, 0.29) is 16.8 Å². The minimum Gasteiger partial charge on any atom is -0.325 e. The number of amides is 1. The van der Waals surface area contributed by atoms with Crippen LogP contribution in [-0.4, -0.2) is 55.8 Å². The van der Waals surface area contributed by atoms with Crippen LogP contribution in [-0.2, 0) is 14.8 Å². The minimum absolute atomic E-state index is 0.121. The first-order chi connectivity index (χ1) is 12.8. The fourth-order valence-electron chi connectivity index (χ4n) is 3.25. The van der Waals surface area contributed by atoms with Gasteiger partial charge in [-0.2, -0.15) is 4.31 Å². The summed E-state index contributed by atoms with van der Waals surface area (Å²) in [5, 5.41) is 2.87. The molecule has 2 rings (SSSR count). The summed E-state index contributed by atoms with van der Waals surface area (Å²) < 4.78 is 26.9. The lowest BCUT2D eigenvalue weighted by Crippen LogP contribution is -2.42. The molecule has 1 unspecified atom stereocenters. The molecule has 1 aromatic carbocycles. The van der Waals surface area contributed by atoms with Gasteiger partial charge in [0.25, 0.3) is 0 Å². The first-order valence-electron chi connectivity index (χ1n) is 9.55. The van der Waals surface area contributed by atoms with Gasteiger partial charge in [0.15, 0.2) is 0 Å². The molecular formula is C20H31N3O3S. The maximum Gasteiger partial charge on any atom is 0.243 e. The van der Waals surface area contributed by atoms with Crippen LogP contribution in [0.4, 0.5) is 5.69 Å². The van der Waals surface area contributed by atoms with E-state index in [0.29, 0.717) is 25.3 Å². The highest BCUT2D eigenvalue weighted by Gasteiger charge is 2.26. The molecule has 1 heterocycles. The van der Waals surface area contributed by atoms with E-state index in [9.17, 15) is 13.2 Å². The fourth-order valence-corrected chi connectivity index (χ4v) is 4.76. The number of piperidine rings is 1. The van der Waals surface area contributed by atoms with Crippen molar-refractivity contribution in [3.63, 3.8) is 0 Å². The Morgan fingerprint density at radius 3 is 2.33 bits per heavy atom. The second kappa shape index (κ2) is 9.48. The third-order valence-electron chi connectivity index (χ3n) is 4.88. The molecule has 1 aromatic rings. The molecule has 0 bridgehead atoms. The zero-order chi connectivity index (χ0) is 20.0. The number of likely N-dealkylation sites (N-methyl/N-ethyl adjacent to an activating group) is 1. The predicted molar refractivity (Wildman–Crippen MR) is 109 cm³/mol. The molecular weight excluding hydrogens is 362 g/mol. The summed E-state index contributed by atoms with van der Waals surface area (Å²) in [7, 11) is -3.45. The van der Waals surface area contributed by atoms with E-state index in [1.807, 2.05) is 25.7 Å².